The highest BCUT2D eigenvalue weighted by Gasteiger charge is 2.58. The molecule has 118 valence electrons. The summed E-state index contributed by atoms with van der Waals surface area (Å²) < 4.78 is 0. The Bertz CT molecular complexity index is 465. The van der Waals surface area contributed by atoms with E-state index in [-0.39, 0.29) is 23.8 Å². The van der Waals surface area contributed by atoms with Crippen LogP contribution in [0.25, 0.3) is 0 Å². The minimum Gasteiger partial charge on any atom is -0.340 e. The zero-order chi connectivity index (χ0) is 15.4. The van der Waals surface area contributed by atoms with Gasteiger partial charge in [0.2, 0.25) is 11.8 Å². The van der Waals surface area contributed by atoms with E-state index in [0.717, 1.165) is 12.5 Å². The molecule has 1 saturated heterocycles. The van der Waals surface area contributed by atoms with E-state index in [2.05, 4.69) is 5.32 Å². The Morgan fingerprint density at radius 3 is 2.33 bits per heavy atom. The average molecular weight is 292 g/mol. The molecule has 0 spiro atoms. The summed E-state index contributed by atoms with van der Waals surface area (Å²) in [6, 6.07) is -0.298. The topological polar surface area (TPSA) is 49.4 Å². The maximum atomic E-state index is 13.0. The number of carbonyl (C=O) groups excluding carboxylic acids is 2. The van der Waals surface area contributed by atoms with E-state index in [4.69, 9.17) is 0 Å². The summed E-state index contributed by atoms with van der Waals surface area (Å²) >= 11 is 0. The zero-order valence-corrected chi connectivity index (χ0v) is 13.7. The Balaban J connectivity index is 1.87. The first-order valence-electron chi connectivity index (χ1n) is 8.46. The lowest BCUT2D eigenvalue weighted by molar-refractivity contribution is -0.157. The van der Waals surface area contributed by atoms with E-state index in [1.54, 1.807) is 0 Å². The van der Waals surface area contributed by atoms with Crippen molar-refractivity contribution in [1.29, 1.82) is 0 Å². The largest absolute Gasteiger partial charge is 0.340 e. The standard InChI is InChI=1S/C17H28N2O2/c1-5-16(4)15(21)19(13(11(2)3)14(20)18-16)10-17(8-9-17)12-6-7-12/h11-13H,5-10H2,1-4H3,(H,18,20). The Labute approximate surface area is 127 Å². The number of piperazine rings is 1. The molecular weight excluding hydrogens is 264 g/mol. The monoisotopic (exact) mass is 292 g/mol. The first kappa shape index (κ1) is 14.9. The van der Waals surface area contributed by atoms with Gasteiger partial charge in [-0.1, -0.05) is 20.8 Å². The normalized spacial score (nSPS) is 35.1. The van der Waals surface area contributed by atoms with Crippen LogP contribution in [0.3, 0.4) is 0 Å². The Morgan fingerprint density at radius 2 is 1.90 bits per heavy atom. The van der Waals surface area contributed by atoms with Crippen molar-refractivity contribution in [2.24, 2.45) is 17.3 Å². The van der Waals surface area contributed by atoms with Crippen LogP contribution in [0.1, 0.15) is 59.8 Å². The number of nitrogens with zero attached hydrogens (tertiary/aromatic N) is 1. The highest BCUT2D eigenvalue weighted by molar-refractivity contribution is 5.99. The smallest absolute Gasteiger partial charge is 0.248 e. The lowest BCUT2D eigenvalue weighted by atomic mass is 9.86. The molecule has 1 N–H and O–H groups in total. The van der Waals surface area contributed by atoms with Crippen molar-refractivity contribution < 1.29 is 9.59 Å². The molecule has 0 aromatic rings. The number of amides is 2. The number of nitrogens with one attached hydrogen (secondary N) is 1. The van der Waals surface area contributed by atoms with Gasteiger partial charge in [-0.05, 0) is 56.3 Å². The van der Waals surface area contributed by atoms with E-state index >= 15 is 0 Å². The Kier molecular flexibility index (Phi) is 3.34. The van der Waals surface area contributed by atoms with Gasteiger partial charge in [0.1, 0.15) is 11.6 Å². The van der Waals surface area contributed by atoms with E-state index in [1.165, 1.54) is 25.7 Å². The summed E-state index contributed by atoms with van der Waals surface area (Å²) in [5, 5.41) is 2.97. The Hall–Kier alpha value is -1.06. The minimum absolute atomic E-state index is 0.0283. The molecule has 2 amide bonds. The molecule has 4 heteroatoms. The molecule has 2 atom stereocenters. The molecule has 3 aliphatic rings. The second kappa shape index (κ2) is 4.72. The van der Waals surface area contributed by atoms with Gasteiger partial charge in [0.25, 0.3) is 0 Å². The van der Waals surface area contributed by atoms with Crippen molar-refractivity contribution in [3.05, 3.63) is 0 Å². The molecule has 3 fully saturated rings. The molecule has 1 aliphatic heterocycles. The first-order valence-corrected chi connectivity index (χ1v) is 8.46. The number of hydrogen-bond acceptors (Lipinski definition) is 2. The predicted octanol–water partition coefficient (Wildman–Crippen LogP) is 2.33. The van der Waals surface area contributed by atoms with Gasteiger partial charge in [-0.25, -0.2) is 0 Å². The fourth-order valence-corrected chi connectivity index (χ4v) is 3.95. The molecule has 3 rings (SSSR count). The number of rotatable bonds is 5. The molecule has 0 aromatic heterocycles. The SMILES string of the molecule is CCC1(C)NC(=O)C(C(C)C)N(CC2(C3CC3)CC2)C1=O. The van der Waals surface area contributed by atoms with Crippen LogP contribution < -0.4 is 5.32 Å². The minimum atomic E-state index is -0.720. The highest BCUT2D eigenvalue weighted by Crippen LogP contribution is 2.61. The van der Waals surface area contributed by atoms with Crippen molar-refractivity contribution in [1.82, 2.24) is 10.2 Å². The van der Waals surface area contributed by atoms with Crippen LogP contribution in [0.4, 0.5) is 0 Å². The quantitative estimate of drug-likeness (QED) is 0.845. The lowest BCUT2D eigenvalue weighted by Gasteiger charge is -2.46. The zero-order valence-electron chi connectivity index (χ0n) is 13.7. The van der Waals surface area contributed by atoms with Gasteiger partial charge in [0, 0.05) is 6.54 Å². The highest BCUT2D eigenvalue weighted by atomic mass is 16.2. The molecule has 2 aliphatic carbocycles. The summed E-state index contributed by atoms with van der Waals surface area (Å²) in [5.74, 6) is 1.11. The predicted molar refractivity (Wildman–Crippen MR) is 81.6 cm³/mol. The summed E-state index contributed by atoms with van der Waals surface area (Å²) in [6.07, 6.45) is 5.74. The van der Waals surface area contributed by atoms with E-state index in [9.17, 15) is 9.59 Å². The molecular formula is C17H28N2O2. The molecule has 4 nitrogen and oxygen atoms in total. The summed E-state index contributed by atoms with van der Waals surface area (Å²) in [4.78, 5) is 27.5. The third kappa shape index (κ3) is 2.36. The average Bonchev–Trinajstić information content (AvgIpc) is 3.26. The summed E-state index contributed by atoms with van der Waals surface area (Å²) in [7, 11) is 0. The molecule has 0 aromatic carbocycles. The van der Waals surface area contributed by atoms with Crippen LogP contribution in [-0.2, 0) is 9.59 Å². The molecule has 2 saturated carbocycles. The second-order valence-corrected chi connectivity index (χ2v) is 7.93. The van der Waals surface area contributed by atoms with E-state index in [1.807, 2.05) is 32.6 Å². The van der Waals surface area contributed by atoms with Gasteiger partial charge in [-0.2, -0.15) is 0 Å². The van der Waals surface area contributed by atoms with Crippen LogP contribution in [0, 0.1) is 17.3 Å². The summed E-state index contributed by atoms with van der Waals surface area (Å²) in [6.45, 7) is 8.71. The third-order valence-electron chi connectivity index (χ3n) is 5.90. The molecule has 0 radical (unpaired) electrons. The van der Waals surface area contributed by atoms with E-state index in [0.29, 0.717) is 11.8 Å². The van der Waals surface area contributed by atoms with Crippen LogP contribution in [0.15, 0.2) is 0 Å². The lowest BCUT2D eigenvalue weighted by Crippen LogP contribution is -2.70. The van der Waals surface area contributed by atoms with Gasteiger partial charge < -0.3 is 10.2 Å². The molecule has 1 heterocycles. The number of hydrogen-bond donors (Lipinski definition) is 1. The van der Waals surface area contributed by atoms with Crippen LogP contribution in [0.5, 0.6) is 0 Å². The third-order valence-corrected chi connectivity index (χ3v) is 5.90. The van der Waals surface area contributed by atoms with Crippen LogP contribution in [-0.4, -0.2) is 34.8 Å². The second-order valence-electron chi connectivity index (χ2n) is 7.93. The van der Waals surface area contributed by atoms with Crippen molar-refractivity contribution >= 4 is 11.8 Å². The molecule has 0 bridgehead atoms. The van der Waals surface area contributed by atoms with Crippen molar-refractivity contribution in [3.63, 3.8) is 0 Å². The van der Waals surface area contributed by atoms with Crippen LogP contribution in [0.2, 0.25) is 0 Å². The summed E-state index contributed by atoms with van der Waals surface area (Å²) in [5.41, 5.74) is -0.378. The van der Waals surface area contributed by atoms with E-state index < -0.39 is 5.54 Å². The fraction of sp³-hybridized carbons (Fsp3) is 0.882. The maximum Gasteiger partial charge on any atom is 0.248 e. The van der Waals surface area contributed by atoms with Gasteiger partial charge in [-0.15, -0.1) is 0 Å². The first-order chi connectivity index (χ1) is 9.83. The van der Waals surface area contributed by atoms with Gasteiger partial charge in [-0.3, -0.25) is 9.59 Å². The molecule has 21 heavy (non-hydrogen) atoms. The number of carbonyl (C=O) groups is 2. The molecule has 2 unspecified atom stereocenters. The Morgan fingerprint density at radius 1 is 1.29 bits per heavy atom. The van der Waals surface area contributed by atoms with Crippen molar-refractivity contribution in [2.45, 2.75) is 71.4 Å². The fourth-order valence-electron chi connectivity index (χ4n) is 3.95. The van der Waals surface area contributed by atoms with Gasteiger partial charge in [0.05, 0.1) is 0 Å². The van der Waals surface area contributed by atoms with Gasteiger partial charge in [0.15, 0.2) is 0 Å². The van der Waals surface area contributed by atoms with Crippen molar-refractivity contribution in [2.75, 3.05) is 6.54 Å². The maximum absolute atomic E-state index is 13.0. The van der Waals surface area contributed by atoms with Gasteiger partial charge >= 0.3 is 0 Å². The van der Waals surface area contributed by atoms with Crippen molar-refractivity contribution in [3.8, 4) is 0 Å². The van der Waals surface area contributed by atoms with Crippen LogP contribution >= 0.6 is 0 Å².